The first-order chi connectivity index (χ1) is 11.6. The minimum atomic E-state index is 1.19. The van der Waals surface area contributed by atoms with Gasteiger partial charge in [0, 0.05) is 20.5 Å². The predicted molar refractivity (Wildman–Crippen MR) is 106 cm³/mol. The first-order valence-corrected chi connectivity index (χ1v) is 9.92. The third-order valence-electron chi connectivity index (χ3n) is 4.38. The molecule has 0 N–H and O–H groups in total. The Kier molecular flexibility index (Phi) is 7.51. The number of hydrogen-bond donors (Lipinski definition) is 0. The van der Waals surface area contributed by atoms with Gasteiger partial charge in [-0.15, -0.1) is 0 Å². The van der Waals surface area contributed by atoms with Crippen LogP contribution in [0.4, 0.5) is 0 Å². The van der Waals surface area contributed by atoms with E-state index in [1.54, 1.807) is 0 Å². The van der Waals surface area contributed by atoms with Crippen molar-refractivity contribution < 1.29 is 4.57 Å². The Morgan fingerprint density at radius 2 is 1.79 bits per heavy atom. The van der Waals surface area contributed by atoms with Crippen LogP contribution in [0.15, 0.2) is 35.7 Å². The fourth-order valence-electron chi connectivity index (χ4n) is 2.89. The molecule has 1 aromatic carbocycles. The van der Waals surface area contributed by atoms with E-state index in [0.717, 1.165) is 0 Å². The summed E-state index contributed by atoms with van der Waals surface area (Å²) >= 11 is 1.89. The second kappa shape index (κ2) is 9.63. The van der Waals surface area contributed by atoms with Crippen LogP contribution in [0, 0.1) is 0 Å². The quantitative estimate of drug-likeness (QED) is 0.451. The molecule has 1 aromatic heterocycles. The molecule has 0 fully saturated rings. The van der Waals surface area contributed by atoms with E-state index < -0.39 is 0 Å². The molecule has 0 bridgehead atoms. The van der Waals surface area contributed by atoms with E-state index in [2.05, 4.69) is 79.3 Å². The largest absolute Gasteiger partial charge is 0.372 e. The zero-order valence-electron chi connectivity index (χ0n) is 15.6. The van der Waals surface area contributed by atoms with Crippen molar-refractivity contribution in [1.82, 2.24) is 4.90 Å². The van der Waals surface area contributed by atoms with Gasteiger partial charge >= 0.3 is 0 Å². The fourth-order valence-corrected chi connectivity index (χ4v) is 3.94. The smallest absolute Gasteiger partial charge is 0.239 e. The number of thiazole rings is 1. The fraction of sp³-hybridized carbons (Fsp3) is 0.476. The maximum Gasteiger partial charge on any atom is 0.239 e. The van der Waals surface area contributed by atoms with Crippen molar-refractivity contribution in [2.75, 3.05) is 14.1 Å². The molecule has 24 heavy (non-hydrogen) atoms. The van der Waals surface area contributed by atoms with Gasteiger partial charge in [0.15, 0.2) is 0 Å². The third-order valence-corrected chi connectivity index (χ3v) is 5.47. The highest BCUT2D eigenvalue weighted by Crippen LogP contribution is 2.22. The predicted octanol–water partition coefficient (Wildman–Crippen LogP) is 5.15. The van der Waals surface area contributed by atoms with Crippen molar-refractivity contribution in [1.29, 1.82) is 0 Å². The van der Waals surface area contributed by atoms with Crippen LogP contribution in [0.3, 0.4) is 0 Å². The van der Waals surface area contributed by atoms with E-state index in [1.165, 1.54) is 60.5 Å². The molecule has 2 aromatic rings. The Bertz CT molecular complexity index is 641. The summed E-state index contributed by atoms with van der Waals surface area (Å²) in [5.41, 5.74) is 3.81. The van der Waals surface area contributed by atoms with Gasteiger partial charge in [-0.25, -0.2) is 0 Å². The van der Waals surface area contributed by atoms with Crippen molar-refractivity contribution in [3.05, 3.63) is 52.0 Å². The maximum absolute atomic E-state index is 2.37. The molecule has 0 atom stereocenters. The Morgan fingerprint density at radius 3 is 2.46 bits per heavy atom. The van der Waals surface area contributed by atoms with Crippen molar-refractivity contribution in [3.63, 3.8) is 0 Å². The normalized spacial score (nSPS) is 11.8. The Morgan fingerprint density at radius 1 is 1.08 bits per heavy atom. The lowest BCUT2D eigenvalue weighted by Crippen LogP contribution is -2.36. The van der Waals surface area contributed by atoms with Crippen LogP contribution in [-0.2, 0) is 13.5 Å². The van der Waals surface area contributed by atoms with Crippen LogP contribution in [0.5, 0.6) is 0 Å². The van der Waals surface area contributed by atoms with Gasteiger partial charge in [-0.3, -0.25) is 0 Å². The summed E-state index contributed by atoms with van der Waals surface area (Å²) < 4.78 is 2.37. The highest BCUT2D eigenvalue weighted by atomic mass is 32.1. The van der Waals surface area contributed by atoms with Gasteiger partial charge in [-0.1, -0.05) is 74.3 Å². The minimum Gasteiger partial charge on any atom is -0.372 e. The second-order valence-electron chi connectivity index (χ2n) is 6.57. The average molecular weight is 344 g/mol. The number of aryl methyl sites for hydroxylation is 1. The standard InChI is InChI=1S/C21H31N2S/c1-5-6-7-8-12-15-21-23(4)20(17-24-21)19(22(2)3)16-18-13-10-9-11-14-18/h9-11,13-14,16-17H,5-8,12,15H2,1-4H3/q+1. The molecule has 130 valence electrons. The molecule has 0 aliphatic carbocycles. The summed E-state index contributed by atoms with van der Waals surface area (Å²) in [6.45, 7) is 2.27. The number of aromatic nitrogens is 1. The molecular weight excluding hydrogens is 312 g/mol. The van der Waals surface area contributed by atoms with E-state index in [4.69, 9.17) is 0 Å². The Hall–Kier alpha value is -1.61. The maximum atomic E-state index is 2.37. The summed E-state index contributed by atoms with van der Waals surface area (Å²) in [4.78, 5) is 2.21. The number of hydrogen-bond acceptors (Lipinski definition) is 2. The van der Waals surface area contributed by atoms with E-state index in [1.807, 2.05) is 11.3 Å². The molecule has 0 radical (unpaired) electrons. The summed E-state index contributed by atoms with van der Waals surface area (Å²) in [6.07, 6.45) is 10.2. The number of unbranched alkanes of at least 4 members (excludes halogenated alkanes) is 4. The molecule has 0 saturated heterocycles. The molecule has 0 aliphatic rings. The highest BCUT2D eigenvalue weighted by Gasteiger charge is 2.21. The first-order valence-electron chi connectivity index (χ1n) is 9.04. The van der Waals surface area contributed by atoms with E-state index in [0.29, 0.717) is 0 Å². The van der Waals surface area contributed by atoms with Crippen molar-refractivity contribution in [2.24, 2.45) is 7.05 Å². The van der Waals surface area contributed by atoms with E-state index >= 15 is 0 Å². The van der Waals surface area contributed by atoms with Gasteiger partial charge in [0.25, 0.3) is 0 Å². The lowest BCUT2D eigenvalue weighted by atomic mass is 10.1. The van der Waals surface area contributed by atoms with Crippen molar-refractivity contribution >= 4 is 23.1 Å². The van der Waals surface area contributed by atoms with Gasteiger partial charge in [0.2, 0.25) is 10.7 Å². The van der Waals surface area contributed by atoms with Gasteiger partial charge < -0.3 is 4.90 Å². The summed E-state index contributed by atoms with van der Waals surface area (Å²) in [7, 11) is 6.45. The summed E-state index contributed by atoms with van der Waals surface area (Å²) in [5, 5.41) is 3.78. The average Bonchev–Trinajstić information content (AvgIpc) is 2.94. The molecule has 2 rings (SSSR count). The molecule has 0 aliphatic heterocycles. The molecular formula is C21H31N2S+. The van der Waals surface area contributed by atoms with Crippen LogP contribution in [0.1, 0.15) is 55.3 Å². The molecule has 3 heteroatoms. The van der Waals surface area contributed by atoms with Gasteiger partial charge in [0.1, 0.15) is 12.7 Å². The van der Waals surface area contributed by atoms with Crippen LogP contribution in [0.25, 0.3) is 11.8 Å². The molecule has 0 saturated carbocycles. The number of nitrogens with zero attached hydrogens (tertiary/aromatic N) is 2. The molecule has 2 nitrogen and oxygen atoms in total. The van der Waals surface area contributed by atoms with Gasteiger partial charge in [0.05, 0.1) is 5.38 Å². The minimum absolute atomic E-state index is 1.19. The molecule has 1 heterocycles. The number of rotatable bonds is 9. The monoisotopic (exact) mass is 343 g/mol. The lowest BCUT2D eigenvalue weighted by Gasteiger charge is -2.14. The summed E-state index contributed by atoms with van der Waals surface area (Å²) in [5.74, 6) is 0. The topological polar surface area (TPSA) is 7.12 Å². The van der Waals surface area contributed by atoms with Crippen LogP contribution < -0.4 is 4.57 Å². The Labute approximate surface area is 151 Å². The first kappa shape index (κ1) is 18.7. The second-order valence-corrected chi connectivity index (χ2v) is 7.52. The van der Waals surface area contributed by atoms with Crippen molar-refractivity contribution in [2.45, 2.75) is 45.4 Å². The number of benzene rings is 1. The Balaban J connectivity index is 2.13. The van der Waals surface area contributed by atoms with Crippen molar-refractivity contribution in [3.8, 4) is 0 Å². The SMILES string of the molecule is CCCCCCCc1scc(C(=Cc2ccccc2)N(C)C)[n+]1C. The van der Waals surface area contributed by atoms with Crippen LogP contribution in [-0.4, -0.2) is 19.0 Å². The zero-order valence-corrected chi connectivity index (χ0v) is 16.4. The van der Waals surface area contributed by atoms with Crippen LogP contribution >= 0.6 is 11.3 Å². The van der Waals surface area contributed by atoms with E-state index in [-0.39, 0.29) is 0 Å². The van der Waals surface area contributed by atoms with E-state index in [9.17, 15) is 0 Å². The van der Waals surface area contributed by atoms with Gasteiger partial charge in [-0.05, 0) is 18.1 Å². The van der Waals surface area contributed by atoms with Gasteiger partial charge in [-0.2, -0.15) is 4.57 Å². The zero-order chi connectivity index (χ0) is 17.4. The lowest BCUT2D eigenvalue weighted by molar-refractivity contribution is -0.676. The third kappa shape index (κ3) is 5.20. The summed E-state index contributed by atoms with van der Waals surface area (Å²) in [6, 6.07) is 10.6. The molecule has 0 amide bonds. The molecule has 0 unspecified atom stereocenters. The highest BCUT2D eigenvalue weighted by molar-refractivity contribution is 7.09. The van der Waals surface area contributed by atoms with Crippen LogP contribution in [0.2, 0.25) is 0 Å². The molecule has 0 spiro atoms.